The smallest absolute Gasteiger partial charge is 0.150 e. The van der Waals surface area contributed by atoms with Gasteiger partial charge in [0, 0.05) is 44.0 Å². The lowest BCUT2D eigenvalue weighted by atomic mass is 9.96. The van der Waals surface area contributed by atoms with E-state index in [0.29, 0.717) is 0 Å². The van der Waals surface area contributed by atoms with Crippen LogP contribution in [0, 0.1) is 0 Å². The SMILES string of the molecule is O=Cc1ccc(N2CCN(Cc3ccccc3-c3ccc4ccccc4c3)CC2)cc1. The van der Waals surface area contributed by atoms with Crippen molar-refractivity contribution in [2.75, 3.05) is 31.1 Å². The normalized spacial score (nSPS) is 14.6. The molecule has 0 radical (unpaired) electrons. The van der Waals surface area contributed by atoms with E-state index in [-0.39, 0.29) is 0 Å². The van der Waals surface area contributed by atoms with Crippen LogP contribution < -0.4 is 4.90 Å². The van der Waals surface area contributed by atoms with Crippen molar-refractivity contribution in [3.63, 3.8) is 0 Å². The highest BCUT2D eigenvalue weighted by Crippen LogP contribution is 2.28. The van der Waals surface area contributed by atoms with E-state index in [2.05, 4.69) is 88.7 Å². The molecule has 1 aliphatic rings. The molecule has 154 valence electrons. The van der Waals surface area contributed by atoms with Gasteiger partial charge in [-0.3, -0.25) is 9.69 Å². The molecule has 31 heavy (non-hydrogen) atoms. The van der Waals surface area contributed by atoms with Gasteiger partial charge < -0.3 is 4.90 Å². The number of rotatable bonds is 5. The summed E-state index contributed by atoms with van der Waals surface area (Å²) in [5.74, 6) is 0. The lowest BCUT2D eigenvalue weighted by molar-refractivity contribution is 0.112. The molecule has 3 heteroatoms. The van der Waals surface area contributed by atoms with Crippen molar-refractivity contribution in [2.45, 2.75) is 6.54 Å². The Balaban J connectivity index is 1.30. The van der Waals surface area contributed by atoms with Crippen molar-refractivity contribution in [1.82, 2.24) is 4.90 Å². The Bertz CT molecular complexity index is 1190. The van der Waals surface area contributed by atoms with Crippen molar-refractivity contribution < 1.29 is 4.79 Å². The fourth-order valence-corrected chi connectivity index (χ4v) is 4.47. The first-order valence-corrected chi connectivity index (χ1v) is 10.9. The molecule has 0 unspecified atom stereocenters. The van der Waals surface area contributed by atoms with Crippen molar-refractivity contribution >= 4 is 22.7 Å². The van der Waals surface area contributed by atoms with Crippen LogP contribution in [0.2, 0.25) is 0 Å². The van der Waals surface area contributed by atoms with E-state index in [9.17, 15) is 4.79 Å². The number of carbonyl (C=O) groups is 1. The van der Waals surface area contributed by atoms with E-state index in [0.717, 1.165) is 44.6 Å². The minimum atomic E-state index is 0.729. The lowest BCUT2D eigenvalue weighted by Gasteiger charge is -2.36. The summed E-state index contributed by atoms with van der Waals surface area (Å²) in [6.45, 7) is 5.01. The van der Waals surface area contributed by atoms with Gasteiger partial charge in [-0.2, -0.15) is 0 Å². The lowest BCUT2D eigenvalue weighted by Crippen LogP contribution is -2.46. The van der Waals surface area contributed by atoms with Crippen molar-refractivity contribution in [3.05, 3.63) is 102 Å². The molecule has 0 spiro atoms. The van der Waals surface area contributed by atoms with Gasteiger partial charge in [0.05, 0.1) is 0 Å². The summed E-state index contributed by atoms with van der Waals surface area (Å²) >= 11 is 0. The van der Waals surface area contributed by atoms with Gasteiger partial charge in [0.1, 0.15) is 6.29 Å². The average Bonchev–Trinajstić information content (AvgIpc) is 2.85. The van der Waals surface area contributed by atoms with E-state index in [1.807, 2.05) is 12.1 Å². The van der Waals surface area contributed by atoms with E-state index >= 15 is 0 Å². The number of nitrogens with zero attached hydrogens (tertiary/aromatic N) is 2. The highest BCUT2D eigenvalue weighted by atomic mass is 16.1. The molecule has 0 saturated carbocycles. The Hall–Kier alpha value is -3.43. The van der Waals surface area contributed by atoms with Gasteiger partial charge in [-0.1, -0.05) is 60.7 Å². The molecule has 5 rings (SSSR count). The zero-order chi connectivity index (χ0) is 21.0. The molecule has 1 saturated heterocycles. The molecule has 0 amide bonds. The summed E-state index contributed by atoms with van der Waals surface area (Å²) in [5, 5.41) is 2.56. The average molecular weight is 407 g/mol. The minimum Gasteiger partial charge on any atom is -0.369 e. The number of aldehydes is 1. The fourth-order valence-electron chi connectivity index (χ4n) is 4.47. The van der Waals surface area contributed by atoms with E-state index in [4.69, 9.17) is 0 Å². The van der Waals surface area contributed by atoms with Gasteiger partial charge in [-0.05, 0) is 57.8 Å². The van der Waals surface area contributed by atoms with Crippen molar-refractivity contribution in [1.29, 1.82) is 0 Å². The maximum absolute atomic E-state index is 10.9. The Morgan fingerprint density at radius 2 is 1.42 bits per heavy atom. The number of hydrogen-bond acceptors (Lipinski definition) is 3. The molecule has 0 bridgehead atoms. The number of anilines is 1. The summed E-state index contributed by atoms with van der Waals surface area (Å²) in [6.07, 6.45) is 0.898. The van der Waals surface area contributed by atoms with Crippen LogP contribution in [-0.4, -0.2) is 37.4 Å². The molecule has 3 nitrogen and oxygen atoms in total. The molecular formula is C28H26N2O. The Morgan fingerprint density at radius 3 is 2.19 bits per heavy atom. The molecule has 0 aliphatic carbocycles. The Labute approximate surface area is 183 Å². The quantitative estimate of drug-likeness (QED) is 0.401. The molecule has 0 aromatic heterocycles. The molecule has 0 atom stereocenters. The second-order valence-corrected chi connectivity index (χ2v) is 8.19. The zero-order valence-electron chi connectivity index (χ0n) is 17.6. The Kier molecular flexibility index (Phi) is 5.51. The maximum Gasteiger partial charge on any atom is 0.150 e. The first kappa shape index (κ1) is 19.5. The number of piperazine rings is 1. The van der Waals surface area contributed by atoms with Gasteiger partial charge >= 0.3 is 0 Å². The predicted octanol–water partition coefficient (Wildman–Crippen LogP) is 5.64. The van der Waals surface area contributed by atoms with Crippen molar-refractivity contribution in [3.8, 4) is 11.1 Å². The highest BCUT2D eigenvalue weighted by Gasteiger charge is 2.18. The predicted molar refractivity (Wildman–Crippen MR) is 129 cm³/mol. The van der Waals surface area contributed by atoms with Crippen LogP contribution >= 0.6 is 0 Å². The second-order valence-electron chi connectivity index (χ2n) is 8.19. The first-order valence-electron chi connectivity index (χ1n) is 10.9. The number of benzene rings is 4. The van der Waals surface area contributed by atoms with E-state index in [1.54, 1.807) is 0 Å². The standard InChI is InChI=1S/C28H26N2O/c31-21-22-9-13-27(14-10-22)30-17-15-29(16-18-30)20-26-7-3-4-8-28(26)25-12-11-23-5-1-2-6-24(23)19-25/h1-14,19,21H,15-18,20H2. The third-order valence-corrected chi connectivity index (χ3v) is 6.24. The first-order chi connectivity index (χ1) is 15.3. The highest BCUT2D eigenvalue weighted by molar-refractivity contribution is 5.87. The van der Waals surface area contributed by atoms with Gasteiger partial charge in [-0.25, -0.2) is 0 Å². The van der Waals surface area contributed by atoms with Crippen LogP contribution in [0.3, 0.4) is 0 Å². The molecule has 0 N–H and O–H groups in total. The third-order valence-electron chi connectivity index (χ3n) is 6.24. The van der Waals surface area contributed by atoms with Gasteiger partial charge in [0.25, 0.3) is 0 Å². The largest absolute Gasteiger partial charge is 0.369 e. The van der Waals surface area contributed by atoms with E-state index in [1.165, 1.54) is 33.2 Å². The summed E-state index contributed by atoms with van der Waals surface area (Å²) < 4.78 is 0. The van der Waals surface area contributed by atoms with Crippen LogP contribution in [0.25, 0.3) is 21.9 Å². The molecular weight excluding hydrogens is 380 g/mol. The van der Waals surface area contributed by atoms with Crippen molar-refractivity contribution in [2.24, 2.45) is 0 Å². The van der Waals surface area contributed by atoms with Gasteiger partial charge in [-0.15, -0.1) is 0 Å². The molecule has 4 aromatic carbocycles. The monoisotopic (exact) mass is 406 g/mol. The second kappa shape index (κ2) is 8.75. The molecule has 1 aliphatic heterocycles. The topological polar surface area (TPSA) is 23.6 Å². The summed E-state index contributed by atoms with van der Waals surface area (Å²) in [6, 6.07) is 32.0. The number of hydrogen-bond donors (Lipinski definition) is 0. The van der Waals surface area contributed by atoms with Gasteiger partial charge in [0.2, 0.25) is 0 Å². The minimum absolute atomic E-state index is 0.729. The number of fused-ring (bicyclic) bond motifs is 1. The summed E-state index contributed by atoms with van der Waals surface area (Å²) in [4.78, 5) is 15.8. The molecule has 1 fully saturated rings. The zero-order valence-corrected chi connectivity index (χ0v) is 17.6. The maximum atomic E-state index is 10.9. The van der Waals surface area contributed by atoms with E-state index < -0.39 is 0 Å². The van der Waals surface area contributed by atoms with Crippen LogP contribution in [0.15, 0.2) is 91.0 Å². The van der Waals surface area contributed by atoms with Crippen LogP contribution in [-0.2, 0) is 6.54 Å². The van der Waals surface area contributed by atoms with Crippen LogP contribution in [0.1, 0.15) is 15.9 Å². The Morgan fingerprint density at radius 1 is 0.710 bits per heavy atom. The van der Waals surface area contributed by atoms with Crippen LogP contribution in [0.4, 0.5) is 5.69 Å². The van der Waals surface area contributed by atoms with Crippen LogP contribution in [0.5, 0.6) is 0 Å². The summed E-state index contributed by atoms with van der Waals surface area (Å²) in [5.41, 5.74) is 5.90. The molecule has 4 aromatic rings. The fraction of sp³-hybridized carbons (Fsp3) is 0.179. The summed E-state index contributed by atoms with van der Waals surface area (Å²) in [7, 11) is 0. The number of carbonyl (C=O) groups excluding carboxylic acids is 1. The molecule has 1 heterocycles. The van der Waals surface area contributed by atoms with Gasteiger partial charge in [0.15, 0.2) is 0 Å². The third kappa shape index (κ3) is 4.23.